The molecule has 0 heterocycles. The van der Waals surface area contributed by atoms with E-state index in [-0.39, 0.29) is 5.97 Å². The van der Waals surface area contributed by atoms with Gasteiger partial charge in [0, 0.05) is 12.5 Å². The summed E-state index contributed by atoms with van der Waals surface area (Å²) in [6.45, 7) is 2.65. The van der Waals surface area contributed by atoms with Gasteiger partial charge in [-0.25, -0.2) is 0 Å². The number of ether oxygens (including phenoxy) is 4. The van der Waals surface area contributed by atoms with Crippen LogP contribution >= 0.6 is 0 Å². The third kappa shape index (κ3) is 5.07. The molecule has 0 aromatic heterocycles. The maximum absolute atomic E-state index is 11.1. The standard InChI is InChI=1S/C14H20O5/c1-4-18-14(15)6-5-9-19-11-7-8-12(16-2)13(10-11)17-3/h7-8,10H,4-6,9H2,1-3H3. The SMILES string of the molecule is CCOC(=O)CCCOc1ccc(OC)c(OC)c1. The molecular weight excluding hydrogens is 248 g/mol. The van der Waals surface area contributed by atoms with Crippen LogP contribution < -0.4 is 14.2 Å². The fourth-order valence-corrected chi connectivity index (χ4v) is 1.55. The molecule has 1 aromatic rings. The third-order valence-electron chi connectivity index (χ3n) is 2.45. The third-order valence-corrected chi connectivity index (χ3v) is 2.45. The lowest BCUT2D eigenvalue weighted by molar-refractivity contribution is -0.143. The van der Waals surface area contributed by atoms with Crippen molar-refractivity contribution in [2.75, 3.05) is 27.4 Å². The summed E-state index contributed by atoms with van der Waals surface area (Å²) in [5.41, 5.74) is 0. The van der Waals surface area contributed by atoms with Crippen molar-refractivity contribution in [3.63, 3.8) is 0 Å². The summed E-state index contributed by atoms with van der Waals surface area (Å²) in [5, 5.41) is 0. The molecule has 1 aromatic carbocycles. The lowest BCUT2D eigenvalue weighted by Crippen LogP contribution is -2.06. The van der Waals surface area contributed by atoms with Gasteiger partial charge in [-0.2, -0.15) is 0 Å². The first-order chi connectivity index (χ1) is 9.21. The lowest BCUT2D eigenvalue weighted by Gasteiger charge is -2.10. The van der Waals surface area contributed by atoms with E-state index in [1.807, 2.05) is 0 Å². The number of rotatable bonds is 8. The van der Waals surface area contributed by atoms with Gasteiger partial charge < -0.3 is 18.9 Å². The molecule has 0 amide bonds. The highest BCUT2D eigenvalue weighted by molar-refractivity contribution is 5.69. The van der Waals surface area contributed by atoms with Gasteiger partial charge in [0.05, 0.1) is 27.4 Å². The number of benzene rings is 1. The van der Waals surface area contributed by atoms with Crippen LogP contribution in [0.3, 0.4) is 0 Å². The van der Waals surface area contributed by atoms with Gasteiger partial charge in [0.2, 0.25) is 0 Å². The zero-order chi connectivity index (χ0) is 14.1. The minimum atomic E-state index is -0.196. The molecule has 5 heteroatoms. The number of hydrogen-bond donors (Lipinski definition) is 0. The molecule has 19 heavy (non-hydrogen) atoms. The van der Waals surface area contributed by atoms with Crippen LogP contribution in [-0.2, 0) is 9.53 Å². The normalized spacial score (nSPS) is 9.84. The molecule has 0 aliphatic rings. The summed E-state index contributed by atoms with van der Waals surface area (Å²) >= 11 is 0. The summed E-state index contributed by atoms with van der Waals surface area (Å²) in [6, 6.07) is 5.33. The molecule has 0 unspecified atom stereocenters. The second-order valence-corrected chi connectivity index (χ2v) is 3.77. The smallest absolute Gasteiger partial charge is 0.305 e. The van der Waals surface area contributed by atoms with E-state index in [4.69, 9.17) is 18.9 Å². The van der Waals surface area contributed by atoms with Gasteiger partial charge in [-0.1, -0.05) is 0 Å². The summed E-state index contributed by atoms with van der Waals surface area (Å²) in [4.78, 5) is 11.1. The van der Waals surface area contributed by atoms with Crippen LogP contribution in [0.4, 0.5) is 0 Å². The summed E-state index contributed by atoms with van der Waals surface area (Å²) in [5.74, 6) is 1.76. The highest BCUT2D eigenvalue weighted by Crippen LogP contribution is 2.30. The van der Waals surface area contributed by atoms with Crippen LogP contribution in [0, 0.1) is 0 Å². The van der Waals surface area contributed by atoms with Crippen molar-refractivity contribution < 1.29 is 23.7 Å². The first kappa shape index (κ1) is 15.1. The minimum Gasteiger partial charge on any atom is -0.493 e. The molecule has 106 valence electrons. The van der Waals surface area contributed by atoms with Crippen LogP contribution in [0.25, 0.3) is 0 Å². The van der Waals surface area contributed by atoms with Gasteiger partial charge >= 0.3 is 5.97 Å². The maximum Gasteiger partial charge on any atom is 0.305 e. The Hall–Kier alpha value is -1.91. The second-order valence-electron chi connectivity index (χ2n) is 3.77. The molecule has 0 bridgehead atoms. The average Bonchev–Trinajstić information content (AvgIpc) is 2.43. The Morgan fingerprint density at radius 3 is 2.53 bits per heavy atom. The Kier molecular flexibility index (Phi) is 6.57. The Morgan fingerprint density at radius 1 is 1.16 bits per heavy atom. The van der Waals surface area contributed by atoms with Crippen LogP contribution in [0.15, 0.2) is 18.2 Å². The van der Waals surface area contributed by atoms with Crippen molar-refractivity contribution in [2.24, 2.45) is 0 Å². The number of carbonyl (C=O) groups is 1. The second kappa shape index (κ2) is 8.24. The van der Waals surface area contributed by atoms with E-state index < -0.39 is 0 Å². The van der Waals surface area contributed by atoms with Crippen molar-refractivity contribution in [1.82, 2.24) is 0 Å². The van der Waals surface area contributed by atoms with Gasteiger partial charge in [0.25, 0.3) is 0 Å². The van der Waals surface area contributed by atoms with Gasteiger partial charge in [-0.3, -0.25) is 4.79 Å². The predicted molar refractivity (Wildman–Crippen MR) is 70.9 cm³/mol. The number of hydrogen-bond acceptors (Lipinski definition) is 5. The minimum absolute atomic E-state index is 0.196. The lowest BCUT2D eigenvalue weighted by atomic mass is 10.3. The molecule has 0 N–H and O–H groups in total. The molecular formula is C14H20O5. The van der Waals surface area contributed by atoms with Crippen molar-refractivity contribution >= 4 is 5.97 Å². The molecule has 0 fully saturated rings. The summed E-state index contributed by atoms with van der Waals surface area (Å²) in [7, 11) is 3.15. The summed E-state index contributed by atoms with van der Waals surface area (Å²) < 4.78 is 20.7. The van der Waals surface area contributed by atoms with E-state index in [1.165, 1.54) is 0 Å². The highest BCUT2D eigenvalue weighted by atomic mass is 16.5. The van der Waals surface area contributed by atoms with Crippen LogP contribution in [-0.4, -0.2) is 33.4 Å². The van der Waals surface area contributed by atoms with Gasteiger partial charge in [0.15, 0.2) is 11.5 Å². The van der Waals surface area contributed by atoms with Crippen molar-refractivity contribution in [2.45, 2.75) is 19.8 Å². The van der Waals surface area contributed by atoms with E-state index in [0.717, 1.165) is 0 Å². The van der Waals surface area contributed by atoms with E-state index in [0.29, 0.717) is 43.3 Å². The predicted octanol–water partition coefficient (Wildman–Crippen LogP) is 2.43. The van der Waals surface area contributed by atoms with Crippen LogP contribution in [0.1, 0.15) is 19.8 Å². The average molecular weight is 268 g/mol. The van der Waals surface area contributed by atoms with E-state index in [2.05, 4.69) is 0 Å². The molecule has 0 atom stereocenters. The van der Waals surface area contributed by atoms with E-state index >= 15 is 0 Å². The van der Waals surface area contributed by atoms with Crippen LogP contribution in [0.2, 0.25) is 0 Å². The molecule has 0 radical (unpaired) electrons. The Morgan fingerprint density at radius 2 is 1.89 bits per heavy atom. The van der Waals surface area contributed by atoms with Crippen molar-refractivity contribution in [3.05, 3.63) is 18.2 Å². The Bertz CT molecular complexity index is 403. The molecule has 0 aliphatic heterocycles. The zero-order valence-electron chi connectivity index (χ0n) is 11.6. The largest absolute Gasteiger partial charge is 0.493 e. The quantitative estimate of drug-likeness (QED) is 0.535. The topological polar surface area (TPSA) is 54.0 Å². The Labute approximate surface area is 113 Å². The number of carbonyl (C=O) groups excluding carboxylic acids is 1. The molecule has 1 rings (SSSR count). The summed E-state index contributed by atoms with van der Waals surface area (Å²) in [6.07, 6.45) is 0.980. The fraction of sp³-hybridized carbons (Fsp3) is 0.500. The first-order valence-electron chi connectivity index (χ1n) is 6.21. The highest BCUT2D eigenvalue weighted by Gasteiger charge is 2.06. The zero-order valence-corrected chi connectivity index (χ0v) is 11.6. The molecule has 0 spiro atoms. The van der Waals surface area contributed by atoms with Gasteiger partial charge in [0.1, 0.15) is 5.75 Å². The maximum atomic E-state index is 11.1. The number of esters is 1. The molecule has 0 saturated carbocycles. The monoisotopic (exact) mass is 268 g/mol. The van der Waals surface area contributed by atoms with E-state index in [1.54, 1.807) is 39.3 Å². The van der Waals surface area contributed by atoms with Crippen molar-refractivity contribution in [3.8, 4) is 17.2 Å². The molecule has 0 saturated heterocycles. The molecule has 5 nitrogen and oxygen atoms in total. The first-order valence-corrected chi connectivity index (χ1v) is 6.21. The van der Waals surface area contributed by atoms with E-state index in [9.17, 15) is 4.79 Å². The Balaban J connectivity index is 2.39. The van der Waals surface area contributed by atoms with Gasteiger partial charge in [-0.15, -0.1) is 0 Å². The molecule has 0 aliphatic carbocycles. The number of methoxy groups -OCH3 is 2. The fourth-order valence-electron chi connectivity index (χ4n) is 1.55. The van der Waals surface area contributed by atoms with Crippen LogP contribution in [0.5, 0.6) is 17.2 Å². The van der Waals surface area contributed by atoms with Gasteiger partial charge in [-0.05, 0) is 25.5 Å². The van der Waals surface area contributed by atoms with Crippen molar-refractivity contribution in [1.29, 1.82) is 0 Å².